The zero-order valence-corrected chi connectivity index (χ0v) is 17.2. The molecule has 1 aliphatic heterocycles. The van der Waals surface area contributed by atoms with Crippen molar-refractivity contribution >= 4 is 29.1 Å². The third kappa shape index (κ3) is 4.66. The Balaban J connectivity index is 1.34. The monoisotopic (exact) mass is 424 g/mol. The molecule has 30 heavy (non-hydrogen) atoms. The summed E-state index contributed by atoms with van der Waals surface area (Å²) < 4.78 is 11.4. The molecule has 0 aliphatic carbocycles. The molecule has 2 amide bonds. The summed E-state index contributed by atoms with van der Waals surface area (Å²) in [5.74, 6) is 1.19. The van der Waals surface area contributed by atoms with Gasteiger partial charge in [0, 0.05) is 17.1 Å². The van der Waals surface area contributed by atoms with E-state index < -0.39 is 0 Å². The van der Waals surface area contributed by atoms with Crippen LogP contribution in [0, 0.1) is 0 Å². The lowest BCUT2D eigenvalue weighted by Crippen LogP contribution is -2.26. The van der Waals surface area contributed by atoms with Crippen molar-refractivity contribution in [3.05, 3.63) is 82.3 Å². The minimum Gasteiger partial charge on any atom is -0.486 e. The highest BCUT2D eigenvalue weighted by Gasteiger charge is 2.17. The van der Waals surface area contributed by atoms with Gasteiger partial charge in [-0.3, -0.25) is 9.59 Å². The van der Waals surface area contributed by atoms with Crippen LogP contribution < -0.4 is 15.4 Å². The number of anilines is 1. The molecule has 1 aliphatic rings. The maximum absolute atomic E-state index is 12.5. The van der Waals surface area contributed by atoms with E-state index in [1.54, 1.807) is 30.3 Å². The number of furan rings is 1. The van der Waals surface area contributed by atoms with E-state index in [0.717, 1.165) is 16.8 Å². The topological polar surface area (TPSA) is 80.6 Å². The number of hydrogen-bond acceptors (Lipinski definition) is 4. The van der Waals surface area contributed by atoms with Crippen LogP contribution in [-0.2, 0) is 17.8 Å². The van der Waals surface area contributed by atoms with Crippen LogP contribution in [0.5, 0.6) is 5.75 Å². The van der Waals surface area contributed by atoms with Crippen molar-refractivity contribution in [3.63, 3.8) is 0 Å². The molecular formula is C23H21ClN2O4. The minimum atomic E-state index is -0.298. The maximum atomic E-state index is 12.5. The van der Waals surface area contributed by atoms with Gasteiger partial charge in [-0.05, 0) is 66.9 Å². The van der Waals surface area contributed by atoms with Gasteiger partial charge in [0.05, 0.1) is 6.04 Å². The van der Waals surface area contributed by atoms with E-state index >= 15 is 0 Å². The number of aryl methyl sites for hydroxylation is 1. The van der Waals surface area contributed by atoms with Crippen molar-refractivity contribution in [1.82, 2.24) is 5.32 Å². The van der Waals surface area contributed by atoms with E-state index in [9.17, 15) is 9.59 Å². The molecule has 2 heterocycles. The third-order valence-electron chi connectivity index (χ3n) is 4.96. The Hall–Kier alpha value is -3.25. The predicted octanol–water partition coefficient (Wildman–Crippen LogP) is 4.89. The number of carbonyl (C=O) groups is 2. The number of ether oxygens (including phenoxy) is 1. The fourth-order valence-electron chi connectivity index (χ4n) is 3.28. The first kappa shape index (κ1) is 20.0. The maximum Gasteiger partial charge on any atom is 0.287 e. The number of carbonyl (C=O) groups excluding carboxylic acids is 2. The summed E-state index contributed by atoms with van der Waals surface area (Å²) in [4.78, 5) is 23.9. The number of nitrogens with one attached hydrogen (secondary N) is 2. The van der Waals surface area contributed by atoms with Crippen molar-refractivity contribution in [2.24, 2.45) is 0 Å². The van der Waals surface area contributed by atoms with Gasteiger partial charge in [0.15, 0.2) is 5.76 Å². The zero-order valence-electron chi connectivity index (χ0n) is 16.4. The number of hydrogen-bond donors (Lipinski definition) is 2. The van der Waals surface area contributed by atoms with Gasteiger partial charge < -0.3 is 19.8 Å². The van der Waals surface area contributed by atoms with Gasteiger partial charge in [-0.25, -0.2) is 0 Å². The molecule has 0 saturated heterocycles. The molecule has 0 saturated carbocycles. The second-order valence-corrected chi connectivity index (χ2v) is 7.60. The first-order valence-corrected chi connectivity index (χ1v) is 10.1. The molecule has 0 unspecified atom stereocenters. The average Bonchev–Trinajstić information content (AvgIpc) is 3.22. The summed E-state index contributed by atoms with van der Waals surface area (Å²) in [6.07, 6.45) is 1.16. The molecule has 0 radical (unpaired) electrons. The van der Waals surface area contributed by atoms with Crippen LogP contribution in [-0.4, -0.2) is 11.8 Å². The number of rotatable bonds is 6. The van der Waals surface area contributed by atoms with Gasteiger partial charge in [-0.2, -0.15) is 0 Å². The van der Waals surface area contributed by atoms with E-state index in [4.69, 9.17) is 20.8 Å². The highest BCUT2D eigenvalue weighted by molar-refractivity contribution is 6.30. The lowest BCUT2D eigenvalue weighted by molar-refractivity contribution is -0.116. The van der Waals surface area contributed by atoms with Crippen LogP contribution in [0.2, 0.25) is 5.02 Å². The Morgan fingerprint density at radius 2 is 1.97 bits per heavy atom. The molecule has 1 aromatic heterocycles. The zero-order chi connectivity index (χ0) is 21.1. The summed E-state index contributed by atoms with van der Waals surface area (Å²) in [5.41, 5.74) is 2.82. The molecule has 2 N–H and O–H groups in total. The third-order valence-corrected chi connectivity index (χ3v) is 5.21. The highest BCUT2D eigenvalue weighted by Crippen LogP contribution is 2.27. The first-order chi connectivity index (χ1) is 14.5. The normalized spacial score (nSPS) is 13.9. The summed E-state index contributed by atoms with van der Waals surface area (Å²) in [6, 6.07) is 16.0. The summed E-state index contributed by atoms with van der Waals surface area (Å²) in [6.45, 7) is 2.10. The molecule has 0 fully saturated rings. The predicted molar refractivity (Wildman–Crippen MR) is 114 cm³/mol. The van der Waals surface area contributed by atoms with Gasteiger partial charge in [-0.15, -0.1) is 0 Å². The van der Waals surface area contributed by atoms with Gasteiger partial charge in [0.1, 0.15) is 18.1 Å². The number of fused-ring (bicyclic) bond motifs is 1. The highest BCUT2D eigenvalue weighted by atomic mass is 35.5. The lowest BCUT2D eigenvalue weighted by atomic mass is 10.0. The van der Waals surface area contributed by atoms with E-state index in [-0.39, 0.29) is 30.2 Å². The van der Waals surface area contributed by atoms with Crippen LogP contribution in [0.4, 0.5) is 5.69 Å². The molecule has 3 aromatic rings. The number of amides is 2. The first-order valence-electron chi connectivity index (χ1n) is 9.68. The number of halogens is 1. The molecule has 6 nitrogen and oxygen atoms in total. The van der Waals surface area contributed by atoms with E-state index in [1.165, 1.54) is 0 Å². The molecule has 0 bridgehead atoms. The van der Waals surface area contributed by atoms with Crippen molar-refractivity contribution in [3.8, 4) is 5.75 Å². The Bertz CT molecular complexity index is 1080. The molecule has 154 valence electrons. The van der Waals surface area contributed by atoms with Gasteiger partial charge >= 0.3 is 0 Å². The van der Waals surface area contributed by atoms with Crippen LogP contribution in [0.1, 0.15) is 46.8 Å². The second kappa shape index (κ2) is 8.63. The molecule has 4 rings (SSSR count). The Kier molecular flexibility index (Phi) is 5.77. The molecule has 0 spiro atoms. The average molecular weight is 425 g/mol. The molecular weight excluding hydrogens is 404 g/mol. The smallest absolute Gasteiger partial charge is 0.287 e. The summed E-state index contributed by atoms with van der Waals surface area (Å²) >= 11 is 5.90. The molecule has 1 atom stereocenters. The van der Waals surface area contributed by atoms with E-state index in [2.05, 4.69) is 10.6 Å². The Morgan fingerprint density at radius 1 is 1.17 bits per heavy atom. The fourth-order valence-corrected chi connectivity index (χ4v) is 3.41. The molecule has 7 heteroatoms. The lowest BCUT2D eigenvalue weighted by Gasteiger charge is -2.17. The van der Waals surface area contributed by atoms with Crippen molar-refractivity contribution in [2.45, 2.75) is 32.4 Å². The SMILES string of the molecule is C[C@@H](NC(=O)c1ccc(COc2ccc3c(c2)CCC(=O)N3)o1)c1ccc(Cl)cc1. The van der Waals surface area contributed by atoms with Crippen LogP contribution in [0.3, 0.4) is 0 Å². The van der Waals surface area contributed by atoms with E-state index in [0.29, 0.717) is 29.4 Å². The quantitative estimate of drug-likeness (QED) is 0.590. The van der Waals surface area contributed by atoms with Crippen molar-refractivity contribution in [2.75, 3.05) is 5.32 Å². The van der Waals surface area contributed by atoms with Crippen LogP contribution in [0.15, 0.2) is 59.0 Å². The Morgan fingerprint density at radius 3 is 2.77 bits per heavy atom. The van der Waals surface area contributed by atoms with Gasteiger partial charge in [0.2, 0.25) is 5.91 Å². The van der Waals surface area contributed by atoms with Gasteiger partial charge in [0.25, 0.3) is 5.91 Å². The Labute approximate surface area is 179 Å². The van der Waals surface area contributed by atoms with Crippen LogP contribution >= 0.6 is 11.6 Å². The van der Waals surface area contributed by atoms with Crippen molar-refractivity contribution in [1.29, 1.82) is 0 Å². The standard InChI is InChI=1S/C23H21ClN2O4/c1-14(15-2-5-17(24)6-3-15)25-23(28)21-10-8-19(30-21)13-29-18-7-9-20-16(12-18)4-11-22(27)26-20/h2-3,5-10,12,14H,4,11,13H2,1H3,(H,25,28)(H,26,27)/t14-/m1/s1. The van der Waals surface area contributed by atoms with Crippen LogP contribution in [0.25, 0.3) is 0 Å². The van der Waals surface area contributed by atoms with Crippen molar-refractivity contribution < 1.29 is 18.7 Å². The fraction of sp³-hybridized carbons (Fsp3) is 0.217. The summed E-state index contributed by atoms with van der Waals surface area (Å²) in [5, 5.41) is 6.40. The van der Waals surface area contributed by atoms with E-state index in [1.807, 2.05) is 31.2 Å². The molecule has 2 aromatic carbocycles. The summed E-state index contributed by atoms with van der Waals surface area (Å²) in [7, 11) is 0. The number of benzene rings is 2. The second-order valence-electron chi connectivity index (χ2n) is 7.17. The largest absolute Gasteiger partial charge is 0.486 e. The minimum absolute atomic E-state index is 0.0305. The van der Waals surface area contributed by atoms with Gasteiger partial charge in [-0.1, -0.05) is 23.7 Å².